The topological polar surface area (TPSA) is 79.9 Å². The Morgan fingerprint density at radius 1 is 1.28 bits per heavy atom. The van der Waals surface area contributed by atoms with Gasteiger partial charge in [-0.25, -0.2) is 4.57 Å². The average Bonchev–Trinajstić information content (AvgIpc) is 2.78. The molecule has 7 heteroatoms. The lowest BCUT2D eigenvalue weighted by atomic mass is 10.4. The molecule has 0 spiro atoms. The molecule has 0 atom stereocenters. The third-order valence-electron chi connectivity index (χ3n) is 3.61. The van der Waals surface area contributed by atoms with E-state index in [-0.39, 0.29) is 6.61 Å². The second-order valence-corrected chi connectivity index (χ2v) is 10.8. The number of hydrogen-bond acceptors (Lipinski definition) is 3. The van der Waals surface area contributed by atoms with Crippen LogP contribution in [0.2, 0.25) is 18.1 Å². The normalized spacial score (nSPS) is 12.9. The fourth-order valence-corrected chi connectivity index (χ4v) is 5.82. The Hall–Kier alpha value is -0.393. The summed E-state index contributed by atoms with van der Waals surface area (Å²) in [5, 5.41) is 0.999. The molecule has 0 aliphatic rings. The van der Waals surface area contributed by atoms with Gasteiger partial charge in [0.2, 0.25) is 0 Å². The van der Waals surface area contributed by atoms with Gasteiger partial charge in [0, 0.05) is 5.56 Å². The van der Waals surface area contributed by atoms with E-state index >= 15 is 0 Å². The Labute approximate surface area is 108 Å². The summed E-state index contributed by atoms with van der Waals surface area (Å²) in [6.45, 7) is 6.41. The molecule has 0 saturated carbocycles. The van der Waals surface area contributed by atoms with Crippen molar-refractivity contribution in [1.29, 1.82) is 0 Å². The van der Waals surface area contributed by atoms with Gasteiger partial charge in [0.1, 0.15) is 8.07 Å². The van der Waals surface area contributed by atoms with Gasteiger partial charge >= 0.3 is 7.82 Å². The van der Waals surface area contributed by atoms with E-state index in [1.807, 2.05) is 6.07 Å². The molecule has 0 aliphatic heterocycles. The lowest BCUT2D eigenvalue weighted by molar-refractivity contribution is 0.188. The smallest absolute Gasteiger partial charge is 0.469 e. The fourth-order valence-electron chi connectivity index (χ4n) is 2.16. The lowest BCUT2D eigenvalue weighted by Gasteiger charge is -2.24. The van der Waals surface area contributed by atoms with Crippen LogP contribution in [0.5, 0.6) is 0 Å². The first kappa shape index (κ1) is 15.7. The van der Waals surface area contributed by atoms with Gasteiger partial charge in [-0.15, -0.1) is 0 Å². The first-order valence-electron chi connectivity index (χ1n) is 6.15. The zero-order valence-electron chi connectivity index (χ0n) is 11.0. The molecule has 0 fully saturated rings. The minimum absolute atomic E-state index is 0.116. The summed E-state index contributed by atoms with van der Waals surface area (Å²) in [6, 6.07) is 5.20. The summed E-state index contributed by atoms with van der Waals surface area (Å²) in [5.41, 5.74) is 0.681. The largest absolute Gasteiger partial charge is 0.474 e. The van der Waals surface area contributed by atoms with Crippen LogP contribution in [0, 0.1) is 0 Å². The van der Waals surface area contributed by atoms with Crippen molar-refractivity contribution in [2.75, 3.05) is 0 Å². The van der Waals surface area contributed by atoms with Crippen molar-refractivity contribution in [3.8, 4) is 0 Å². The van der Waals surface area contributed by atoms with E-state index in [1.54, 1.807) is 0 Å². The Morgan fingerprint density at radius 3 is 2.28 bits per heavy atom. The van der Waals surface area contributed by atoms with Crippen molar-refractivity contribution < 1.29 is 23.3 Å². The van der Waals surface area contributed by atoms with Gasteiger partial charge in [0.15, 0.2) is 0 Å². The van der Waals surface area contributed by atoms with Gasteiger partial charge in [0.05, 0.1) is 18.3 Å². The van der Waals surface area contributed by atoms with Crippen LogP contribution < -0.4 is 5.38 Å². The highest BCUT2D eigenvalue weighted by Gasteiger charge is 2.33. The third kappa shape index (κ3) is 3.80. The second kappa shape index (κ2) is 6.17. The van der Waals surface area contributed by atoms with Crippen LogP contribution in [0.1, 0.15) is 26.3 Å². The average molecular weight is 292 g/mol. The van der Waals surface area contributed by atoms with Crippen molar-refractivity contribution >= 4 is 21.3 Å². The predicted octanol–water partition coefficient (Wildman–Crippen LogP) is 2.60. The standard InChI is InChI=1S/C11H21O5PSi/c1-4-18(5-2,6-3)11-7-10(8-15-11)9-16-17(12,13)14/h7-8H,4-6,9H2,1-3H3,(H2,12,13,14). The minimum Gasteiger partial charge on any atom is -0.474 e. The summed E-state index contributed by atoms with van der Waals surface area (Å²) in [7, 11) is -5.98. The van der Waals surface area contributed by atoms with Crippen LogP contribution in [-0.2, 0) is 15.7 Å². The molecule has 5 nitrogen and oxygen atoms in total. The molecule has 2 N–H and O–H groups in total. The SMILES string of the molecule is CC[Si](CC)(CC)c1cc(COP(=O)(O)O)co1. The summed E-state index contributed by atoms with van der Waals surface area (Å²) in [4.78, 5) is 17.3. The molecule has 0 saturated heterocycles. The van der Waals surface area contributed by atoms with E-state index < -0.39 is 15.9 Å². The molecule has 1 aromatic rings. The Morgan fingerprint density at radius 2 is 1.83 bits per heavy atom. The Bertz CT molecular complexity index is 413. The lowest BCUT2D eigenvalue weighted by Crippen LogP contribution is -2.44. The number of phosphoric acid groups is 1. The predicted molar refractivity (Wildman–Crippen MR) is 72.4 cm³/mol. The van der Waals surface area contributed by atoms with E-state index in [1.165, 1.54) is 6.26 Å². The van der Waals surface area contributed by atoms with Crippen LogP contribution >= 0.6 is 7.82 Å². The number of phosphoric ester groups is 1. The molecule has 0 bridgehead atoms. The van der Waals surface area contributed by atoms with Crippen molar-refractivity contribution in [2.45, 2.75) is 45.5 Å². The molecule has 1 rings (SSSR count). The van der Waals surface area contributed by atoms with Crippen molar-refractivity contribution in [3.05, 3.63) is 17.9 Å². The summed E-state index contributed by atoms with van der Waals surface area (Å²) < 4.78 is 20.7. The first-order chi connectivity index (χ1) is 8.37. The highest BCUT2D eigenvalue weighted by atomic mass is 31.2. The van der Waals surface area contributed by atoms with Gasteiger partial charge in [-0.3, -0.25) is 4.52 Å². The van der Waals surface area contributed by atoms with Gasteiger partial charge < -0.3 is 14.2 Å². The van der Waals surface area contributed by atoms with Crippen molar-refractivity contribution in [1.82, 2.24) is 0 Å². The highest BCUT2D eigenvalue weighted by molar-refractivity contribution is 7.46. The molecule has 0 unspecified atom stereocenters. The van der Waals surface area contributed by atoms with E-state index in [2.05, 4.69) is 25.3 Å². The highest BCUT2D eigenvalue weighted by Crippen LogP contribution is 2.37. The van der Waals surface area contributed by atoms with E-state index in [0.29, 0.717) is 5.56 Å². The zero-order chi connectivity index (χ0) is 13.8. The van der Waals surface area contributed by atoms with Crippen molar-refractivity contribution in [3.63, 3.8) is 0 Å². The van der Waals surface area contributed by atoms with Gasteiger partial charge in [-0.1, -0.05) is 38.9 Å². The Balaban J connectivity index is 2.82. The Kier molecular flexibility index (Phi) is 5.37. The zero-order valence-corrected chi connectivity index (χ0v) is 12.9. The molecule has 0 aliphatic carbocycles. The van der Waals surface area contributed by atoms with Crippen LogP contribution in [0.25, 0.3) is 0 Å². The van der Waals surface area contributed by atoms with E-state index in [9.17, 15) is 4.57 Å². The summed E-state index contributed by atoms with van der Waals surface area (Å²) in [5.74, 6) is 0. The van der Waals surface area contributed by atoms with Gasteiger partial charge in [-0.05, 0) is 6.07 Å². The molecule has 0 radical (unpaired) electrons. The maximum Gasteiger partial charge on any atom is 0.469 e. The molecule has 1 heterocycles. The third-order valence-corrected chi connectivity index (χ3v) is 9.44. The molecule has 18 heavy (non-hydrogen) atoms. The van der Waals surface area contributed by atoms with Crippen LogP contribution in [0.3, 0.4) is 0 Å². The molecule has 0 amide bonds. The molecule has 0 aromatic carbocycles. The van der Waals surface area contributed by atoms with Crippen LogP contribution in [-0.4, -0.2) is 17.9 Å². The van der Waals surface area contributed by atoms with Crippen LogP contribution in [0.4, 0.5) is 0 Å². The molecular weight excluding hydrogens is 271 g/mol. The van der Waals surface area contributed by atoms with E-state index in [0.717, 1.165) is 23.5 Å². The van der Waals surface area contributed by atoms with Crippen molar-refractivity contribution in [2.24, 2.45) is 0 Å². The quantitative estimate of drug-likeness (QED) is 0.596. The monoisotopic (exact) mass is 292 g/mol. The first-order valence-corrected chi connectivity index (χ1v) is 10.3. The van der Waals surface area contributed by atoms with E-state index in [4.69, 9.17) is 14.2 Å². The minimum atomic E-state index is -4.41. The fraction of sp³-hybridized carbons (Fsp3) is 0.636. The number of rotatable bonds is 7. The maximum absolute atomic E-state index is 10.6. The maximum atomic E-state index is 10.6. The van der Waals surface area contributed by atoms with Gasteiger partial charge in [-0.2, -0.15) is 0 Å². The summed E-state index contributed by atoms with van der Waals surface area (Å²) in [6.07, 6.45) is 1.54. The molecular formula is C11H21O5PSi. The molecule has 1 aromatic heterocycles. The van der Waals surface area contributed by atoms with Crippen LogP contribution in [0.15, 0.2) is 16.7 Å². The summed E-state index contributed by atoms with van der Waals surface area (Å²) >= 11 is 0. The van der Waals surface area contributed by atoms with Gasteiger partial charge in [0.25, 0.3) is 0 Å². The second-order valence-electron chi connectivity index (χ2n) is 4.42. The number of hydrogen-bond donors (Lipinski definition) is 2. The molecule has 104 valence electrons. The number of furan rings is 1.